The number of carbonyl (C=O) groups excluding carboxylic acids is 2. The summed E-state index contributed by atoms with van der Waals surface area (Å²) >= 11 is 11.8. The normalized spacial score (nSPS) is 23.6. The van der Waals surface area contributed by atoms with Gasteiger partial charge in [0.15, 0.2) is 15.6 Å². The summed E-state index contributed by atoms with van der Waals surface area (Å²) in [6.45, 7) is 0.959. The molecular weight excluding hydrogens is 385 g/mol. The molecule has 8 heteroatoms. The minimum atomic E-state index is -3.07. The third-order valence-electron chi connectivity index (χ3n) is 4.96. The number of halogens is 2. The highest BCUT2D eigenvalue weighted by atomic mass is 35.5. The summed E-state index contributed by atoms with van der Waals surface area (Å²) in [5.74, 6) is -0.625. The van der Waals surface area contributed by atoms with Crippen LogP contribution in [0.5, 0.6) is 0 Å². The minimum Gasteiger partial charge on any atom is -0.342 e. The van der Waals surface area contributed by atoms with Crippen LogP contribution in [-0.4, -0.2) is 49.6 Å². The molecule has 0 saturated carbocycles. The van der Waals surface area contributed by atoms with Crippen LogP contribution in [0.15, 0.2) is 18.2 Å². The molecule has 0 spiro atoms. The van der Waals surface area contributed by atoms with Crippen molar-refractivity contribution < 1.29 is 18.0 Å². The highest BCUT2D eigenvalue weighted by molar-refractivity contribution is 7.91. The lowest BCUT2D eigenvalue weighted by Gasteiger charge is -2.32. The average Bonchev–Trinajstić information content (AvgIpc) is 2.96. The Morgan fingerprint density at radius 1 is 1.00 bits per heavy atom. The van der Waals surface area contributed by atoms with Crippen molar-refractivity contribution in [2.24, 2.45) is 11.8 Å². The topological polar surface area (TPSA) is 71.5 Å². The van der Waals surface area contributed by atoms with Crippen LogP contribution in [0, 0.1) is 11.8 Å². The van der Waals surface area contributed by atoms with Crippen LogP contribution in [0.3, 0.4) is 0 Å². The highest BCUT2D eigenvalue weighted by Gasteiger charge is 2.37. The highest BCUT2D eigenvalue weighted by Crippen LogP contribution is 2.28. The molecule has 3 rings (SSSR count). The Balaban J connectivity index is 1.59. The molecule has 25 heavy (non-hydrogen) atoms. The van der Waals surface area contributed by atoms with Gasteiger partial charge < -0.3 is 4.90 Å². The van der Waals surface area contributed by atoms with Crippen LogP contribution in [-0.2, 0) is 14.6 Å². The van der Waals surface area contributed by atoms with E-state index in [1.165, 1.54) is 0 Å². The van der Waals surface area contributed by atoms with Gasteiger partial charge in [0, 0.05) is 24.6 Å². The molecule has 0 bridgehead atoms. The summed E-state index contributed by atoms with van der Waals surface area (Å²) in [6, 6.07) is 4.85. The lowest BCUT2D eigenvalue weighted by molar-refractivity contribution is -0.136. The quantitative estimate of drug-likeness (QED) is 0.727. The van der Waals surface area contributed by atoms with Gasteiger partial charge in [-0.25, -0.2) is 8.42 Å². The summed E-state index contributed by atoms with van der Waals surface area (Å²) in [5, 5.41) is 0.757. The molecule has 1 atom stereocenters. The van der Waals surface area contributed by atoms with Gasteiger partial charge in [-0.1, -0.05) is 23.2 Å². The molecule has 1 aromatic carbocycles. The lowest BCUT2D eigenvalue weighted by atomic mass is 9.88. The van der Waals surface area contributed by atoms with E-state index in [2.05, 4.69) is 0 Å². The number of amides is 1. The standard InChI is InChI=1S/C17H19Cl2NO4S/c18-14-2-1-12(9-15(14)19)16(21)11-3-6-20(7-4-11)17(22)13-5-8-25(23,24)10-13/h1-2,9,11,13H,3-8,10H2. The summed E-state index contributed by atoms with van der Waals surface area (Å²) in [7, 11) is -3.07. The summed E-state index contributed by atoms with van der Waals surface area (Å²) in [6.07, 6.45) is 1.55. The van der Waals surface area contributed by atoms with Crippen molar-refractivity contribution in [2.75, 3.05) is 24.6 Å². The monoisotopic (exact) mass is 403 g/mol. The second-order valence-corrected chi connectivity index (χ2v) is 9.74. The summed E-state index contributed by atoms with van der Waals surface area (Å²) in [4.78, 5) is 26.8. The number of rotatable bonds is 3. The molecular formula is C17H19Cl2NO4S. The first-order valence-electron chi connectivity index (χ1n) is 8.25. The van der Waals surface area contributed by atoms with Gasteiger partial charge in [0.2, 0.25) is 5.91 Å². The zero-order valence-corrected chi connectivity index (χ0v) is 15.9. The second-order valence-electron chi connectivity index (χ2n) is 6.69. The van der Waals surface area contributed by atoms with Gasteiger partial charge in [-0.3, -0.25) is 9.59 Å². The number of sulfone groups is 1. The zero-order chi connectivity index (χ0) is 18.2. The van der Waals surface area contributed by atoms with Gasteiger partial charge in [0.05, 0.1) is 27.5 Å². The number of nitrogens with zero attached hydrogens (tertiary/aromatic N) is 1. The van der Waals surface area contributed by atoms with E-state index in [0.717, 1.165) is 0 Å². The van der Waals surface area contributed by atoms with Crippen LogP contribution in [0.4, 0.5) is 0 Å². The van der Waals surface area contributed by atoms with Crippen molar-refractivity contribution in [3.63, 3.8) is 0 Å². The van der Waals surface area contributed by atoms with Crippen molar-refractivity contribution in [1.82, 2.24) is 4.90 Å². The maximum Gasteiger partial charge on any atom is 0.226 e. The molecule has 2 aliphatic rings. The van der Waals surface area contributed by atoms with E-state index in [1.807, 2.05) is 0 Å². The van der Waals surface area contributed by atoms with Crippen molar-refractivity contribution >= 4 is 44.7 Å². The van der Waals surface area contributed by atoms with E-state index < -0.39 is 15.8 Å². The number of benzene rings is 1. The molecule has 2 aliphatic heterocycles. The van der Waals surface area contributed by atoms with Gasteiger partial charge in [-0.05, 0) is 37.5 Å². The molecule has 2 fully saturated rings. The second kappa shape index (κ2) is 7.25. The Morgan fingerprint density at radius 3 is 2.24 bits per heavy atom. The molecule has 2 heterocycles. The predicted octanol–water partition coefficient (Wildman–Crippen LogP) is 2.85. The summed E-state index contributed by atoms with van der Waals surface area (Å²) in [5.41, 5.74) is 0.529. The summed E-state index contributed by atoms with van der Waals surface area (Å²) < 4.78 is 23.1. The van der Waals surface area contributed by atoms with Gasteiger partial charge >= 0.3 is 0 Å². The lowest BCUT2D eigenvalue weighted by Crippen LogP contribution is -2.43. The molecule has 1 amide bonds. The Bertz CT molecular complexity index is 801. The van der Waals surface area contributed by atoms with E-state index in [1.54, 1.807) is 23.1 Å². The first-order valence-corrected chi connectivity index (χ1v) is 10.8. The molecule has 0 N–H and O–H groups in total. The van der Waals surface area contributed by atoms with Crippen molar-refractivity contribution in [1.29, 1.82) is 0 Å². The Hall–Kier alpha value is -1.11. The number of hydrogen-bond acceptors (Lipinski definition) is 4. The fourth-order valence-electron chi connectivity index (χ4n) is 3.50. The third kappa shape index (κ3) is 4.18. The number of Topliss-reactive ketones (excluding diaryl/α,β-unsaturated/α-hetero) is 1. The molecule has 1 aromatic rings. The number of likely N-dealkylation sites (tertiary alicyclic amines) is 1. The van der Waals surface area contributed by atoms with Gasteiger partial charge in [0.25, 0.3) is 0 Å². The molecule has 2 saturated heterocycles. The Kier molecular flexibility index (Phi) is 5.42. The van der Waals surface area contributed by atoms with E-state index in [0.29, 0.717) is 48.0 Å². The maximum atomic E-state index is 12.6. The van der Waals surface area contributed by atoms with Crippen molar-refractivity contribution in [2.45, 2.75) is 19.3 Å². The minimum absolute atomic E-state index is 0.00844. The largest absolute Gasteiger partial charge is 0.342 e. The fraction of sp³-hybridized carbons (Fsp3) is 0.529. The van der Waals surface area contributed by atoms with Gasteiger partial charge in [0.1, 0.15) is 0 Å². The molecule has 136 valence electrons. The van der Waals surface area contributed by atoms with E-state index in [-0.39, 0.29) is 29.1 Å². The number of ketones is 1. The molecule has 5 nitrogen and oxygen atoms in total. The van der Waals surface area contributed by atoms with Crippen LogP contribution in [0.1, 0.15) is 29.6 Å². The Morgan fingerprint density at radius 2 is 1.68 bits per heavy atom. The van der Waals surface area contributed by atoms with Crippen LogP contribution in [0.25, 0.3) is 0 Å². The smallest absolute Gasteiger partial charge is 0.226 e. The van der Waals surface area contributed by atoms with Crippen molar-refractivity contribution in [3.05, 3.63) is 33.8 Å². The van der Waals surface area contributed by atoms with Crippen molar-refractivity contribution in [3.8, 4) is 0 Å². The fourth-order valence-corrected chi connectivity index (χ4v) is 5.53. The molecule has 0 aromatic heterocycles. The van der Waals surface area contributed by atoms with E-state index >= 15 is 0 Å². The van der Waals surface area contributed by atoms with Gasteiger partial charge in [-0.15, -0.1) is 0 Å². The molecule has 1 unspecified atom stereocenters. The molecule has 0 radical (unpaired) electrons. The molecule has 0 aliphatic carbocycles. The SMILES string of the molecule is O=C(c1ccc(Cl)c(Cl)c1)C1CCN(C(=O)C2CCS(=O)(=O)C2)CC1. The third-order valence-corrected chi connectivity index (χ3v) is 7.47. The number of hydrogen-bond donors (Lipinski definition) is 0. The van der Waals surface area contributed by atoms with Gasteiger partial charge in [-0.2, -0.15) is 0 Å². The predicted molar refractivity (Wildman–Crippen MR) is 96.9 cm³/mol. The van der Waals surface area contributed by atoms with Crippen LogP contribution in [0.2, 0.25) is 10.0 Å². The van der Waals surface area contributed by atoms with E-state index in [4.69, 9.17) is 23.2 Å². The van der Waals surface area contributed by atoms with E-state index in [9.17, 15) is 18.0 Å². The first kappa shape index (κ1) is 18.7. The van der Waals surface area contributed by atoms with Crippen LogP contribution >= 0.6 is 23.2 Å². The van der Waals surface area contributed by atoms with Crippen LogP contribution < -0.4 is 0 Å². The Labute approximate surface area is 157 Å². The first-order chi connectivity index (χ1) is 11.8. The average molecular weight is 404 g/mol. The number of piperidine rings is 1. The number of carbonyl (C=O) groups is 2. The maximum absolute atomic E-state index is 12.6. The zero-order valence-electron chi connectivity index (χ0n) is 13.6.